The van der Waals surface area contributed by atoms with Gasteiger partial charge in [0, 0.05) is 24.7 Å². The molecule has 1 saturated heterocycles. The lowest BCUT2D eigenvalue weighted by Gasteiger charge is -2.21. The number of fused-ring (bicyclic) bond motifs is 1. The smallest absolute Gasteiger partial charge is 0.127 e. The minimum absolute atomic E-state index is 0.151. The lowest BCUT2D eigenvalue weighted by Crippen LogP contribution is -2.19. The highest BCUT2D eigenvalue weighted by Gasteiger charge is 2.26. The molecule has 0 N–H and O–H groups in total. The molecule has 3 rings (SSSR count). The summed E-state index contributed by atoms with van der Waals surface area (Å²) in [6.07, 6.45) is 5.80. The maximum absolute atomic E-state index is 11.0. The van der Waals surface area contributed by atoms with Gasteiger partial charge in [-0.1, -0.05) is 12.1 Å². The monoisotopic (exact) mass is 215 g/mol. The molecule has 16 heavy (non-hydrogen) atoms. The summed E-state index contributed by atoms with van der Waals surface area (Å²) < 4.78 is 0. The average molecular weight is 215 g/mol. The van der Waals surface area contributed by atoms with E-state index in [-0.39, 0.29) is 5.92 Å². The molecule has 1 unspecified atom stereocenters. The Labute approximate surface area is 96.3 Å². The van der Waals surface area contributed by atoms with Crippen molar-refractivity contribution >= 4 is 12.0 Å². The van der Waals surface area contributed by atoms with Crippen LogP contribution in [0.5, 0.6) is 0 Å². The third-order valence-electron chi connectivity index (χ3n) is 3.90. The van der Waals surface area contributed by atoms with E-state index in [2.05, 4.69) is 23.1 Å². The third kappa shape index (κ3) is 1.44. The molecular formula is C14H17NO. The zero-order chi connectivity index (χ0) is 11.0. The lowest BCUT2D eigenvalue weighted by molar-refractivity contribution is -0.109. The van der Waals surface area contributed by atoms with Crippen molar-refractivity contribution in [2.75, 3.05) is 18.0 Å². The van der Waals surface area contributed by atoms with Crippen LogP contribution in [0.3, 0.4) is 0 Å². The van der Waals surface area contributed by atoms with Crippen LogP contribution in [0.25, 0.3) is 0 Å². The van der Waals surface area contributed by atoms with Gasteiger partial charge in [-0.2, -0.15) is 0 Å². The lowest BCUT2D eigenvalue weighted by atomic mass is 10.0. The Morgan fingerprint density at radius 3 is 2.81 bits per heavy atom. The summed E-state index contributed by atoms with van der Waals surface area (Å²) in [7, 11) is 0. The van der Waals surface area contributed by atoms with Crippen molar-refractivity contribution in [3.63, 3.8) is 0 Å². The fourth-order valence-electron chi connectivity index (χ4n) is 3.06. The van der Waals surface area contributed by atoms with Gasteiger partial charge < -0.3 is 9.69 Å². The Kier molecular flexibility index (Phi) is 2.43. The quantitative estimate of drug-likeness (QED) is 0.706. The summed E-state index contributed by atoms with van der Waals surface area (Å²) in [6.45, 7) is 2.37. The topological polar surface area (TPSA) is 20.3 Å². The van der Waals surface area contributed by atoms with E-state index in [1.54, 1.807) is 0 Å². The van der Waals surface area contributed by atoms with Gasteiger partial charge in [-0.3, -0.25) is 0 Å². The number of carbonyl (C=O) groups is 1. The number of benzene rings is 1. The van der Waals surface area contributed by atoms with E-state index in [1.165, 1.54) is 42.7 Å². The first-order valence-electron chi connectivity index (χ1n) is 6.22. The van der Waals surface area contributed by atoms with Gasteiger partial charge in [-0.25, -0.2) is 0 Å². The van der Waals surface area contributed by atoms with Crippen molar-refractivity contribution < 1.29 is 4.79 Å². The minimum atomic E-state index is 0.151. The average Bonchev–Trinajstić information content (AvgIpc) is 2.97. The predicted octanol–water partition coefficient (Wildman–Crippen LogP) is 2.52. The Balaban J connectivity index is 2.01. The van der Waals surface area contributed by atoms with E-state index < -0.39 is 0 Å². The number of carbonyl (C=O) groups excluding carboxylic acids is 1. The summed E-state index contributed by atoms with van der Waals surface area (Å²) in [5.74, 6) is 0.151. The molecule has 1 atom stereocenters. The largest absolute Gasteiger partial charge is 0.371 e. The standard InChI is InChI=1S/C14H17NO/c16-10-11-6-7-13-12(11)4-3-5-14(13)15-8-1-2-9-15/h3-5,10-11H,1-2,6-9H2. The highest BCUT2D eigenvalue weighted by Crippen LogP contribution is 2.38. The molecule has 1 fully saturated rings. The van der Waals surface area contributed by atoms with Gasteiger partial charge in [0.2, 0.25) is 0 Å². The fraction of sp³-hybridized carbons (Fsp3) is 0.500. The van der Waals surface area contributed by atoms with E-state index in [4.69, 9.17) is 0 Å². The zero-order valence-electron chi connectivity index (χ0n) is 9.48. The van der Waals surface area contributed by atoms with Crippen molar-refractivity contribution in [1.29, 1.82) is 0 Å². The molecule has 0 spiro atoms. The van der Waals surface area contributed by atoms with E-state index in [1.807, 2.05) is 0 Å². The van der Waals surface area contributed by atoms with Crippen LogP contribution < -0.4 is 4.90 Å². The van der Waals surface area contributed by atoms with Crippen LogP contribution in [0.15, 0.2) is 18.2 Å². The van der Waals surface area contributed by atoms with Gasteiger partial charge in [0.15, 0.2) is 0 Å². The van der Waals surface area contributed by atoms with Crippen LogP contribution in [0.4, 0.5) is 5.69 Å². The summed E-state index contributed by atoms with van der Waals surface area (Å²) in [4.78, 5) is 13.5. The van der Waals surface area contributed by atoms with Gasteiger partial charge in [-0.05, 0) is 42.9 Å². The predicted molar refractivity (Wildman–Crippen MR) is 65.0 cm³/mol. The normalized spacial score (nSPS) is 23.5. The van der Waals surface area contributed by atoms with Gasteiger partial charge in [0.1, 0.15) is 6.29 Å². The van der Waals surface area contributed by atoms with Crippen LogP contribution in [0.2, 0.25) is 0 Å². The molecule has 2 aliphatic rings. The number of hydrogen-bond acceptors (Lipinski definition) is 2. The molecule has 0 bridgehead atoms. The van der Waals surface area contributed by atoms with Crippen LogP contribution in [-0.4, -0.2) is 19.4 Å². The number of aldehydes is 1. The molecule has 0 aromatic heterocycles. The molecule has 1 heterocycles. The maximum Gasteiger partial charge on any atom is 0.127 e. The molecular weight excluding hydrogens is 198 g/mol. The maximum atomic E-state index is 11.0. The van der Waals surface area contributed by atoms with E-state index >= 15 is 0 Å². The Bertz CT molecular complexity index is 407. The fourth-order valence-corrected chi connectivity index (χ4v) is 3.06. The second-order valence-electron chi connectivity index (χ2n) is 4.82. The third-order valence-corrected chi connectivity index (χ3v) is 3.90. The van der Waals surface area contributed by atoms with Crippen LogP contribution >= 0.6 is 0 Å². The molecule has 0 radical (unpaired) electrons. The van der Waals surface area contributed by atoms with E-state index in [9.17, 15) is 4.79 Å². The van der Waals surface area contributed by atoms with Gasteiger partial charge in [0.05, 0.1) is 0 Å². The molecule has 0 amide bonds. The first kappa shape index (κ1) is 9.88. The Morgan fingerprint density at radius 1 is 1.25 bits per heavy atom. The van der Waals surface area contributed by atoms with Gasteiger partial charge in [0.25, 0.3) is 0 Å². The molecule has 2 nitrogen and oxygen atoms in total. The zero-order valence-corrected chi connectivity index (χ0v) is 9.48. The minimum Gasteiger partial charge on any atom is -0.371 e. The van der Waals surface area contributed by atoms with Crippen molar-refractivity contribution in [2.45, 2.75) is 31.6 Å². The number of rotatable bonds is 2. The number of nitrogens with zero attached hydrogens (tertiary/aromatic N) is 1. The van der Waals surface area contributed by atoms with E-state index in [0.717, 1.165) is 19.1 Å². The van der Waals surface area contributed by atoms with Gasteiger partial charge in [-0.15, -0.1) is 0 Å². The summed E-state index contributed by atoms with van der Waals surface area (Å²) in [6, 6.07) is 6.45. The number of hydrogen-bond donors (Lipinski definition) is 0. The van der Waals surface area contributed by atoms with Crippen molar-refractivity contribution in [3.05, 3.63) is 29.3 Å². The SMILES string of the molecule is O=CC1CCc2c1cccc2N1CCCC1. The second kappa shape index (κ2) is 3.93. The van der Waals surface area contributed by atoms with E-state index in [0.29, 0.717) is 0 Å². The first-order chi connectivity index (χ1) is 7.90. The Hall–Kier alpha value is -1.31. The molecule has 1 aliphatic heterocycles. The van der Waals surface area contributed by atoms with Crippen molar-refractivity contribution in [1.82, 2.24) is 0 Å². The van der Waals surface area contributed by atoms with Crippen LogP contribution in [0.1, 0.15) is 36.3 Å². The second-order valence-corrected chi connectivity index (χ2v) is 4.82. The molecule has 1 aromatic rings. The molecule has 84 valence electrons. The Morgan fingerprint density at radius 2 is 2.06 bits per heavy atom. The van der Waals surface area contributed by atoms with Gasteiger partial charge >= 0.3 is 0 Å². The van der Waals surface area contributed by atoms with Crippen LogP contribution in [0, 0.1) is 0 Å². The highest BCUT2D eigenvalue weighted by atomic mass is 16.1. The summed E-state index contributed by atoms with van der Waals surface area (Å²) in [5.41, 5.74) is 4.10. The molecule has 0 saturated carbocycles. The molecule has 1 aliphatic carbocycles. The van der Waals surface area contributed by atoms with Crippen molar-refractivity contribution in [2.24, 2.45) is 0 Å². The summed E-state index contributed by atoms with van der Waals surface area (Å²) >= 11 is 0. The number of anilines is 1. The summed E-state index contributed by atoms with van der Waals surface area (Å²) in [5, 5.41) is 0. The van der Waals surface area contributed by atoms with Crippen LogP contribution in [-0.2, 0) is 11.2 Å². The highest BCUT2D eigenvalue weighted by molar-refractivity contribution is 5.70. The molecule has 1 aromatic carbocycles. The first-order valence-corrected chi connectivity index (χ1v) is 6.22. The molecule has 2 heteroatoms. The van der Waals surface area contributed by atoms with Crippen molar-refractivity contribution in [3.8, 4) is 0 Å².